The van der Waals surface area contributed by atoms with Crippen LogP contribution in [0.4, 0.5) is 0 Å². The minimum atomic E-state index is -1.13. The predicted molar refractivity (Wildman–Crippen MR) is 54.4 cm³/mol. The van der Waals surface area contributed by atoms with Crippen LogP contribution >= 0.6 is 0 Å². The topological polar surface area (TPSA) is 63.6 Å². The Morgan fingerprint density at radius 1 is 1.47 bits per heavy atom. The van der Waals surface area contributed by atoms with Gasteiger partial charge in [-0.1, -0.05) is 13.8 Å². The molecule has 0 heterocycles. The van der Waals surface area contributed by atoms with Crippen molar-refractivity contribution in [3.63, 3.8) is 0 Å². The molecule has 0 aromatic carbocycles. The molecule has 1 rings (SSSR count). The average molecular weight is 214 g/mol. The van der Waals surface area contributed by atoms with Crippen LogP contribution in [-0.4, -0.2) is 22.6 Å². The van der Waals surface area contributed by atoms with Crippen LogP contribution in [0, 0.1) is 5.92 Å². The number of hydrogen-bond acceptors (Lipinski definition) is 3. The normalized spacial score (nSPS) is 29.3. The molecule has 1 N–H and O–H groups in total. The molecule has 0 radical (unpaired) electrons. The van der Waals surface area contributed by atoms with Gasteiger partial charge < -0.3 is 9.84 Å². The van der Waals surface area contributed by atoms with Crippen molar-refractivity contribution in [2.45, 2.75) is 51.6 Å². The first-order valence-electron chi connectivity index (χ1n) is 5.47. The Morgan fingerprint density at radius 2 is 2.13 bits per heavy atom. The zero-order valence-electron chi connectivity index (χ0n) is 9.28. The molecule has 0 amide bonds. The maximum absolute atomic E-state index is 11.3. The van der Waals surface area contributed by atoms with Crippen LogP contribution in [0.5, 0.6) is 0 Å². The van der Waals surface area contributed by atoms with Crippen molar-refractivity contribution < 1.29 is 19.4 Å². The van der Waals surface area contributed by atoms with Crippen molar-refractivity contribution in [1.82, 2.24) is 0 Å². The van der Waals surface area contributed by atoms with Crippen molar-refractivity contribution in [3.05, 3.63) is 0 Å². The summed E-state index contributed by atoms with van der Waals surface area (Å²) in [5.41, 5.74) is -0.374. The van der Waals surface area contributed by atoms with E-state index in [4.69, 9.17) is 9.84 Å². The SMILES string of the molecule is CCC1CCC1(CC)OC(=O)CC(=O)O. The average Bonchev–Trinajstić information content (AvgIpc) is 2.12. The highest BCUT2D eigenvalue weighted by molar-refractivity contribution is 5.90. The number of carbonyl (C=O) groups is 2. The molecule has 0 aliphatic heterocycles. The number of ether oxygens (including phenoxy) is 1. The van der Waals surface area contributed by atoms with Gasteiger partial charge in [0.1, 0.15) is 12.0 Å². The van der Waals surface area contributed by atoms with Gasteiger partial charge in [-0.25, -0.2) is 0 Å². The number of carboxylic acid groups (broad SMARTS) is 1. The van der Waals surface area contributed by atoms with E-state index in [1.807, 2.05) is 6.92 Å². The second-order valence-corrected chi connectivity index (χ2v) is 4.11. The third kappa shape index (κ3) is 2.49. The summed E-state index contributed by atoms with van der Waals surface area (Å²) in [7, 11) is 0. The van der Waals surface area contributed by atoms with E-state index in [-0.39, 0.29) is 5.60 Å². The molecule has 0 bridgehead atoms. The number of esters is 1. The molecule has 1 saturated carbocycles. The summed E-state index contributed by atoms with van der Waals surface area (Å²) in [6.45, 7) is 4.05. The summed E-state index contributed by atoms with van der Waals surface area (Å²) in [5, 5.41) is 8.47. The molecule has 4 heteroatoms. The Hall–Kier alpha value is -1.06. The van der Waals surface area contributed by atoms with E-state index in [1.165, 1.54) is 0 Å². The number of hydrogen-bond donors (Lipinski definition) is 1. The monoisotopic (exact) mass is 214 g/mol. The lowest BCUT2D eigenvalue weighted by Crippen LogP contribution is -2.50. The molecule has 2 unspecified atom stereocenters. The van der Waals surface area contributed by atoms with E-state index in [1.54, 1.807) is 0 Å². The standard InChI is InChI=1S/C11H18O4/c1-3-8-5-6-11(8,4-2)15-10(14)7-9(12)13/h8H,3-7H2,1-2H3,(H,12,13). The first kappa shape index (κ1) is 12.0. The van der Waals surface area contributed by atoms with Crippen LogP contribution in [0.3, 0.4) is 0 Å². The summed E-state index contributed by atoms with van der Waals surface area (Å²) in [4.78, 5) is 21.6. The molecule has 0 saturated heterocycles. The molecule has 1 aliphatic rings. The maximum atomic E-state index is 11.3. The lowest BCUT2D eigenvalue weighted by atomic mass is 9.66. The third-order valence-electron chi connectivity index (χ3n) is 3.36. The molecular weight excluding hydrogens is 196 g/mol. The lowest BCUT2D eigenvalue weighted by molar-refractivity contribution is -0.185. The van der Waals surface area contributed by atoms with Crippen molar-refractivity contribution in [1.29, 1.82) is 0 Å². The van der Waals surface area contributed by atoms with Gasteiger partial charge >= 0.3 is 11.9 Å². The van der Waals surface area contributed by atoms with E-state index >= 15 is 0 Å². The Balaban J connectivity index is 2.53. The van der Waals surface area contributed by atoms with E-state index in [0.717, 1.165) is 25.7 Å². The van der Waals surface area contributed by atoms with Crippen LogP contribution in [0.1, 0.15) is 46.0 Å². The molecule has 0 aromatic heterocycles. The number of carbonyl (C=O) groups excluding carboxylic acids is 1. The van der Waals surface area contributed by atoms with Crippen molar-refractivity contribution in [2.75, 3.05) is 0 Å². The summed E-state index contributed by atoms with van der Waals surface area (Å²) in [5.74, 6) is -1.33. The van der Waals surface area contributed by atoms with Crippen molar-refractivity contribution >= 4 is 11.9 Å². The zero-order valence-corrected chi connectivity index (χ0v) is 9.28. The quantitative estimate of drug-likeness (QED) is 0.561. The third-order valence-corrected chi connectivity index (χ3v) is 3.36. The second kappa shape index (κ2) is 4.64. The van der Waals surface area contributed by atoms with Gasteiger partial charge in [0.05, 0.1) is 0 Å². The molecule has 1 aliphatic carbocycles. The van der Waals surface area contributed by atoms with Gasteiger partial charge in [-0.05, 0) is 31.6 Å². The number of aliphatic carboxylic acids is 1. The van der Waals surface area contributed by atoms with E-state index in [2.05, 4.69) is 6.92 Å². The van der Waals surface area contributed by atoms with Crippen LogP contribution in [0.25, 0.3) is 0 Å². The fraction of sp³-hybridized carbons (Fsp3) is 0.818. The van der Waals surface area contributed by atoms with Gasteiger partial charge in [-0.2, -0.15) is 0 Å². The summed E-state index contributed by atoms with van der Waals surface area (Å²) in [6, 6.07) is 0. The van der Waals surface area contributed by atoms with Gasteiger partial charge in [-0.15, -0.1) is 0 Å². The van der Waals surface area contributed by atoms with Crippen LogP contribution in [0.15, 0.2) is 0 Å². The van der Waals surface area contributed by atoms with Crippen molar-refractivity contribution in [2.24, 2.45) is 5.92 Å². The Bertz CT molecular complexity index is 255. The second-order valence-electron chi connectivity index (χ2n) is 4.11. The van der Waals surface area contributed by atoms with Crippen molar-refractivity contribution in [3.8, 4) is 0 Å². The highest BCUT2D eigenvalue weighted by Crippen LogP contribution is 2.46. The first-order chi connectivity index (χ1) is 7.04. The lowest BCUT2D eigenvalue weighted by Gasteiger charge is -2.48. The highest BCUT2D eigenvalue weighted by Gasteiger charge is 2.47. The fourth-order valence-electron chi connectivity index (χ4n) is 2.30. The minimum absolute atomic E-state index is 0.374. The highest BCUT2D eigenvalue weighted by atomic mass is 16.6. The predicted octanol–water partition coefficient (Wildman–Crippen LogP) is 1.97. The van der Waals surface area contributed by atoms with Gasteiger partial charge in [0.2, 0.25) is 0 Å². The first-order valence-corrected chi connectivity index (χ1v) is 5.47. The van der Waals surface area contributed by atoms with E-state index < -0.39 is 18.4 Å². The van der Waals surface area contributed by atoms with Gasteiger partial charge in [0, 0.05) is 0 Å². The van der Waals surface area contributed by atoms with E-state index in [0.29, 0.717) is 5.92 Å². The Kier molecular flexibility index (Phi) is 3.72. The zero-order chi connectivity index (χ0) is 11.5. The molecule has 0 aromatic rings. The van der Waals surface area contributed by atoms with Crippen LogP contribution in [0.2, 0.25) is 0 Å². The number of rotatable bonds is 5. The van der Waals surface area contributed by atoms with Gasteiger partial charge in [0.15, 0.2) is 0 Å². The summed E-state index contributed by atoms with van der Waals surface area (Å²) >= 11 is 0. The minimum Gasteiger partial charge on any atom is -0.481 e. The van der Waals surface area contributed by atoms with Crippen LogP contribution in [-0.2, 0) is 14.3 Å². The molecule has 4 nitrogen and oxygen atoms in total. The summed E-state index contributed by atoms with van der Waals surface area (Å²) < 4.78 is 5.32. The van der Waals surface area contributed by atoms with E-state index in [9.17, 15) is 9.59 Å². The number of carboxylic acids is 1. The largest absolute Gasteiger partial charge is 0.481 e. The molecular formula is C11H18O4. The molecule has 0 spiro atoms. The van der Waals surface area contributed by atoms with Crippen LogP contribution < -0.4 is 0 Å². The maximum Gasteiger partial charge on any atom is 0.317 e. The smallest absolute Gasteiger partial charge is 0.317 e. The molecule has 86 valence electrons. The summed E-state index contributed by atoms with van der Waals surface area (Å²) in [6.07, 6.45) is 3.17. The molecule has 2 atom stereocenters. The Morgan fingerprint density at radius 3 is 2.47 bits per heavy atom. The van der Waals surface area contributed by atoms with Gasteiger partial charge in [0.25, 0.3) is 0 Å². The fourth-order valence-corrected chi connectivity index (χ4v) is 2.30. The Labute approximate surface area is 89.6 Å². The van der Waals surface area contributed by atoms with Gasteiger partial charge in [-0.3, -0.25) is 9.59 Å². The molecule has 15 heavy (non-hydrogen) atoms. The molecule has 1 fully saturated rings.